The molecule has 1 aliphatic heterocycles. The summed E-state index contributed by atoms with van der Waals surface area (Å²) in [5.74, 6) is 0.834. The number of hydrogen-bond acceptors (Lipinski definition) is 6. The molecular formula is C31H35N5O4. The van der Waals surface area contributed by atoms with Crippen LogP contribution in [0.25, 0.3) is 11.0 Å². The van der Waals surface area contributed by atoms with Crippen LogP contribution in [-0.4, -0.2) is 39.1 Å². The second kappa shape index (κ2) is 11.0. The minimum atomic E-state index is -0.949. The molecule has 0 saturated carbocycles. The molecule has 2 amide bonds. The van der Waals surface area contributed by atoms with E-state index in [0.29, 0.717) is 34.2 Å². The number of anilines is 1. The standard InChI is InChI=1S/C31H35N5O4/c1-6-31(4,5)32-30(38)29(22-13-11-21(12-14-22)20(2)3)36(23-15-16-26-27(17-23)40-19-39-26)28(37)18-35-25-10-8-7-9-24(25)33-34-35/h7-17,20,29H,6,18-19H2,1-5H3,(H,32,38)/t29-/m0/s1. The number of rotatable bonds is 9. The number of fused-ring (bicyclic) bond motifs is 2. The van der Waals surface area contributed by atoms with Gasteiger partial charge in [-0.2, -0.15) is 0 Å². The van der Waals surface area contributed by atoms with Crippen molar-refractivity contribution in [2.24, 2.45) is 0 Å². The fraction of sp³-hybridized carbons (Fsp3) is 0.355. The van der Waals surface area contributed by atoms with Gasteiger partial charge in [-0.25, -0.2) is 4.68 Å². The lowest BCUT2D eigenvalue weighted by Gasteiger charge is -2.34. The predicted octanol–water partition coefficient (Wildman–Crippen LogP) is 5.36. The van der Waals surface area contributed by atoms with Crippen molar-refractivity contribution >= 4 is 28.5 Å². The topological polar surface area (TPSA) is 98.6 Å². The summed E-state index contributed by atoms with van der Waals surface area (Å²) in [7, 11) is 0. The number of hydrogen-bond donors (Lipinski definition) is 1. The van der Waals surface area contributed by atoms with Crippen LogP contribution in [0.3, 0.4) is 0 Å². The Morgan fingerprint density at radius 2 is 1.70 bits per heavy atom. The number of aromatic nitrogens is 3. The zero-order valence-electron chi connectivity index (χ0n) is 23.5. The van der Waals surface area contributed by atoms with Gasteiger partial charge in [-0.1, -0.05) is 62.4 Å². The van der Waals surface area contributed by atoms with Gasteiger partial charge >= 0.3 is 0 Å². The van der Waals surface area contributed by atoms with Crippen molar-refractivity contribution < 1.29 is 19.1 Å². The predicted molar refractivity (Wildman–Crippen MR) is 153 cm³/mol. The number of benzene rings is 3. The van der Waals surface area contributed by atoms with E-state index in [1.54, 1.807) is 22.9 Å². The third-order valence-electron chi connectivity index (χ3n) is 7.38. The van der Waals surface area contributed by atoms with Crippen LogP contribution in [0.1, 0.15) is 64.1 Å². The molecule has 9 heteroatoms. The Labute approximate surface area is 234 Å². The molecule has 0 spiro atoms. The van der Waals surface area contributed by atoms with E-state index in [1.807, 2.05) is 69.3 Å². The van der Waals surface area contributed by atoms with Crippen molar-refractivity contribution in [3.05, 3.63) is 77.9 Å². The number of carbonyl (C=O) groups excluding carboxylic acids is 2. The Morgan fingerprint density at radius 1 is 1.00 bits per heavy atom. The molecule has 0 saturated heterocycles. The Hall–Kier alpha value is -4.40. The maximum Gasteiger partial charge on any atom is 0.249 e. The Morgan fingerprint density at radius 3 is 2.42 bits per heavy atom. The summed E-state index contributed by atoms with van der Waals surface area (Å²) in [6.07, 6.45) is 0.723. The van der Waals surface area contributed by atoms with Gasteiger partial charge in [0.25, 0.3) is 0 Å². The molecule has 208 valence electrons. The molecule has 0 unspecified atom stereocenters. The molecule has 0 fully saturated rings. The molecule has 3 aromatic carbocycles. The minimum absolute atomic E-state index is 0.100. The second-order valence-electron chi connectivity index (χ2n) is 11.0. The smallest absolute Gasteiger partial charge is 0.249 e. The first kappa shape index (κ1) is 27.2. The zero-order valence-corrected chi connectivity index (χ0v) is 23.5. The number of amides is 2. The second-order valence-corrected chi connectivity index (χ2v) is 11.0. The monoisotopic (exact) mass is 541 g/mol. The molecule has 1 atom stereocenters. The highest BCUT2D eigenvalue weighted by molar-refractivity contribution is 6.02. The Bertz CT molecular complexity index is 1530. The van der Waals surface area contributed by atoms with E-state index in [-0.39, 0.29) is 25.2 Å². The van der Waals surface area contributed by atoms with E-state index in [1.165, 1.54) is 4.90 Å². The fourth-order valence-corrected chi connectivity index (χ4v) is 4.68. The SMILES string of the molecule is CCC(C)(C)NC(=O)[C@H](c1ccc(C(C)C)cc1)N(C(=O)Cn1nnc2ccccc21)c1ccc2c(c1)OCO2. The first-order chi connectivity index (χ1) is 19.2. The molecule has 0 bridgehead atoms. The normalized spacial score (nSPS) is 13.4. The van der Waals surface area contributed by atoms with E-state index >= 15 is 0 Å². The first-order valence-electron chi connectivity index (χ1n) is 13.6. The Balaban J connectivity index is 1.62. The maximum atomic E-state index is 14.3. The van der Waals surface area contributed by atoms with Crippen LogP contribution in [0, 0.1) is 0 Å². The van der Waals surface area contributed by atoms with E-state index in [4.69, 9.17) is 9.47 Å². The molecule has 0 radical (unpaired) electrons. The summed E-state index contributed by atoms with van der Waals surface area (Å²) in [6.45, 7) is 10.2. The number of nitrogens with zero attached hydrogens (tertiary/aromatic N) is 4. The van der Waals surface area contributed by atoms with Gasteiger partial charge in [0, 0.05) is 17.3 Å². The highest BCUT2D eigenvalue weighted by Crippen LogP contribution is 2.38. The summed E-state index contributed by atoms with van der Waals surface area (Å²) in [6, 6.07) is 19.7. The largest absolute Gasteiger partial charge is 0.454 e. The minimum Gasteiger partial charge on any atom is -0.454 e. The molecule has 5 rings (SSSR count). The number of ether oxygens (including phenoxy) is 2. The van der Waals surface area contributed by atoms with Gasteiger partial charge in [-0.15, -0.1) is 5.10 Å². The number of nitrogens with one attached hydrogen (secondary N) is 1. The maximum absolute atomic E-state index is 14.3. The molecular weight excluding hydrogens is 506 g/mol. The van der Waals surface area contributed by atoms with Gasteiger partial charge in [-0.05, 0) is 61.6 Å². The van der Waals surface area contributed by atoms with Gasteiger partial charge in [0.05, 0.1) is 5.52 Å². The highest BCUT2D eigenvalue weighted by atomic mass is 16.7. The zero-order chi connectivity index (χ0) is 28.4. The summed E-state index contributed by atoms with van der Waals surface area (Å²) in [4.78, 5) is 29.9. The van der Waals surface area contributed by atoms with E-state index in [9.17, 15) is 9.59 Å². The van der Waals surface area contributed by atoms with Crippen LogP contribution in [0.15, 0.2) is 66.7 Å². The molecule has 40 heavy (non-hydrogen) atoms. The van der Waals surface area contributed by atoms with Crippen molar-refractivity contribution in [1.82, 2.24) is 20.3 Å². The molecule has 1 aliphatic rings. The van der Waals surface area contributed by atoms with Crippen molar-refractivity contribution in [3.63, 3.8) is 0 Å². The van der Waals surface area contributed by atoms with Gasteiger partial charge in [0.15, 0.2) is 11.5 Å². The number of para-hydroxylation sites is 1. The average molecular weight is 542 g/mol. The van der Waals surface area contributed by atoms with Gasteiger partial charge in [-0.3, -0.25) is 14.5 Å². The third kappa shape index (κ3) is 5.50. The van der Waals surface area contributed by atoms with Gasteiger partial charge in [0.1, 0.15) is 18.1 Å². The van der Waals surface area contributed by atoms with E-state index in [2.05, 4.69) is 29.5 Å². The van der Waals surface area contributed by atoms with E-state index < -0.39 is 11.6 Å². The summed E-state index contributed by atoms with van der Waals surface area (Å²) in [5, 5.41) is 11.6. The molecule has 1 aromatic heterocycles. The fourth-order valence-electron chi connectivity index (χ4n) is 4.68. The van der Waals surface area contributed by atoms with Crippen LogP contribution < -0.4 is 19.7 Å². The third-order valence-corrected chi connectivity index (χ3v) is 7.38. The lowest BCUT2D eigenvalue weighted by atomic mass is 9.95. The van der Waals surface area contributed by atoms with Crippen LogP contribution >= 0.6 is 0 Å². The molecule has 2 heterocycles. The lowest BCUT2D eigenvalue weighted by molar-refractivity contribution is -0.128. The van der Waals surface area contributed by atoms with Crippen molar-refractivity contribution in [2.75, 3.05) is 11.7 Å². The quantitative estimate of drug-likeness (QED) is 0.306. The summed E-state index contributed by atoms with van der Waals surface area (Å²) < 4.78 is 12.7. The molecule has 9 nitrogen and oxygen atoms in total. The highest BCUT2D eigenvalue weighted by Gasteiger charge is 2.36. The van der Waals surface area contributed by atoms with Crippen molar-refractivity contribution in [2.45, 2.75) is 65.1 Å². The molecule has 0 aliphatic carbocycles. The van der Waals surface area contributed by atoms with Gasteiger partial charge < -0.3 is 14.8 Å². The number of carbonyl (C=O) groups is 2. The van der Waals surface area contributed by atoms with Crippen molar-refractivity contribution in [3.8, 4) is 11.5 Å². The first-order valence-corrected chi connectivity index (χ1v) is 13.6. The van der Waals surface area contributed by atoms with Crippen LogP contribution in [0.2, 0.25) is 0 Å². The molecule has 1 N–H and O–H groups in total. The van der Waals surface area contributed by atoms with Gasteiger partial charge in [0.2, 0.25) is 18.6 Å². The van der Waals surface area contributed by atoms with E-state index in [0.717, 1.165) is 17.5 Å². The van der Waals surface area contributed by atoms with Crippen molar-refractivity contribution in [1.29, 1.82) is 0 Å². The average Bonchev–Trinajstić information content (AvgIpc) is 3.58. The molecule has 4 aromatic rings. The summed E-state index contributed by atoms with van der Waals surface area (Å²) >= 11 is 0. The lowest BCUT2D eigenvalue weighted by Crippen LogP contribution is -2.51. The Kier molecular flexibility index (Phi) is 7.47. The van der Waals surface area contributed by atoms with Crippen LogP contribution in [-0.2, 0) is 16.1 Å². The van der Waals surface area contributed by atoms with Crippen LogP contribution in [0.5, 0.6) is 11.5 Å². The summed E-state index contributed by atoms with van der Waals surface area (Å²) in [5.41, 5.74) is 3.30. The van der Waals surface area contributed by atoms with Crippen LogP contribution in [0.4, 0.5) is 5.69 Å².